The summed E-state index contributed by atoms with van der Waals surface area (Å²) < 4.78 is 0. The Morgan fingerprint density at radius 2 is 0.955 bits per heavy atom. The lowest BCUT2D eigenvalue weighted by molar-refractivity contribution is 0.217. The van der Waals surface area contributed by atoms with Gasteiger partial charge >= 0.3 is 0 Å². The van der Waals surface area contributed by atoms with Crippen LogP contribution in [-0.2, 0) is 0 Å². The van der Waals surface area contributed by atoms with E-state index in [1.165, 1.54) is 44.5 Å². The summed E-state index contributed by atoms with van der Waals surface area (Å²) in [6.07, 6.45) is -0.557. The zero-order valence-electron chi connectivity index (χ0n) is 15.2. The summed E-state index contributed by atoms with van der Waals surface area (Å²) in [6, 6.07) is 4.31. The standard InChI is InChI=1S/C21H28O/c1-11-9-12(2)19(13(3)10-11)21(22)20-17(7)15(5)14(4)16(6)18(20)8/h9-10,21-22H,1-8H3. The Balaban J connectivity index is 2.73. The van der Waals surface area contributed by atoms with Gasteiger partial charge in [-0.3, -0.25) is 0 Å². The van der Waals surface area contributed by atoms with Crippen molar-refractivity contribution in [2.24, 2.45) is 0 Å². The lowest BCUT2D eigenvalue weighted by Gasteiger charge is -2.25. The van der Waals surface area contributed by atoms with Crippen LogP contribution in [0.5, 0.6) is 0 Å². The van der Waals surface area contributed by atoms with E-state index in [4.69, 9.17) is 0 Å². The minimum absolute atomic E-state index is 0.557. The van der Waals surface area contributed by atoms with Gasteiger partial charge in [0, 0.05) is 0 Å². The van der Waals surface area contributed by atoms with E-state index in [1.54, 1.807) is 0 Å². The number of aliphatic hydroxyl groups is 1. The molecule has 2 aromatic rings. The highest BCUT2D eigenvalue weighted by Crippen LogP contribution is 2.36. The molecule has 1 N–H and O–H groups in total. The summed E-state index contributed by atoms with van der Waals surface area (Å²) >= 11 is 0. The van der Waals surface area contributed by atoms with Crippen LogP contribution >= 0.6 is 0 Å². The molecule has 0 aliphatic heterocycles. The number of aliphatic hydroxyl groups excluding tert-OH is 1. The van der Waals surface area contributed by atoms with E-state index in [1.807, 2.05) is 0 Å². The molecule has 1 atom stereocenters. The molecule has 0 spiro atoms. The van der Waals surface area contributed by atoms with Crippen molar-refractivity contribution in [1.29, 1.82) is 0 Å². The molecule has 1 heteroatoms. The van der Waals surface area contributed by atoms with Crippen LogP contribution in [0.15, 0.2) is 12.1 Å². The van der Waals surface area contributed by atoms with E-state index in [2.05, 4.69) is 67.5 Å². The first-order valence-corrected chi connectivity index (χ1v) is 7.99. The molecule has 0 aliphatic carbocycles. The smallest absolute Gasteiger partial charge is 0.105 e. The minimum Gasteiger partial charge on any atom is -0.384 e. The molecule has 0 aliphatic rings. The fourth-order valence-corrected chi connectivity index (χ4v) is 3.71. The Kier molecular flexibility index (Phi) is 4.49. The summed E-state index contributed by atoms with van der Waals surface area (Å²) in [6.45, 7) is 17.0. The predicted octanol–water partition coefficient (Wildman–Crippen LogP) is 5.24. The molecule has 2 rings (SSSR count). The summed E-state index contributed by atoms with van der Waals surface area (Å²) in [5, 5.41) is 11.1. The summed E-state index contributed by atoms with van der Waals surface area (Å²) in [4.78, 5) is 0. The van der Waals surface area contributed by atoms with E-state index in [0.717, 1.165) is 11.1 Å². The number of benzene rings is 2. The third kappa shape index (κ3) is 2.59. The van der Waals surface area contributed by atoms with Gasteiger partial charge in [-0.05, 0) is 105 Å². The second kappa shape index (κ2) is 5.89. The highest BCUT2D eigenvalue weighted by Gasteiger charge is 2.22. The first-order valence-electron chi connectivity index (χ1n) is 7.99. The average molecular weight is 296 g/mol. The fourth-order valence-electron chi connectivity index (χ4n) is 3.71. The van der Waals surface area contributed by atoms with Gasteiger partial charge in [0.25, 0.3) is 0 Å². The molecule has 0 bridgehead atoms. The highest BCUT2D eigenvalue weighted by atomic mass is 16.3. The van der Waals surface area contributed by atoms with Crippen molar-refractivity contribution in [3.8, 4) is 0 Å². The van der Waals surface area contributed by atoms with Gasteiger partial charge < -0.3 is 5.11 Å². The lowest BCUT2D eigenvalue weighted by atomic mass is 9.83. The van der Waals surface area contributed by atoms with Crippen LogP contribution in [0, 0.1) is 55.4 Å². The van der Waals surface area contributed by atoms with E-state index in [-0.39, 0.29) is 0 Å². The van der Waals surface area contributed by atoms with Gasteiger partial charge in [0.2, 0.25) is 0 Å². The van der Waals surface area contributed by atoms with Crippen molar-refractivity contribution < 1.29 is 5.11 Å². The van der Waals surface area contributed by atoms with Gasteiger partial charge in [0.15, 0.2) is 0 Å². The first kappa shape index (κ1) is 16.8. The lowest BCUT2D eigenvalue weighted by Crippen LogP contribution is -2.11. The Morgan fingerprint density at radius 3 is 1.36 bits per heavy atom. The molecular formula is C21H28O. The van der Waals surface area contributed by atoms with Gasteiger partial charge in [0.05, 0.1) is 0 Å². The van der Waals surface area contributed by atoms with Crippen LogP contribution < -0.4 is 0 Å². The molecule has 0 saturated carbocycles. The molecule has 22 heavy (non-hydrogen) atoms. The van der Waals surface area contributed by atoms with Crippen molar-refractivity contribution in [3.05, 3.63) is 67.8 Å². The molecule has 0 radical (unpaired) electrons. The van der Waals surface area contributed by atoms with Crippen molar-refractivity contribution in [2.75, 3.05) is 0 Å². The van der Waals surface area contributed by atoms with Crippen LogP contribution in [0.1, 0.15) is 61.7 Å². The van der Waals surface area contributed by atoms with E-state index >= 15 is 0 Å². The number of hydrogen-bond donors (Lipinski definition) is 1. The predicted molar refractivity (Wildman–Crippen MR) is 94.8 cm³/mol. The Hall–Kier alpha value is -1.60. The van der Waals surface area contributed by atoms with Gasteiger partial charge in [-0.25, -0.2) is 0 Å². The summed E-state index contributed by atoms with van der Waals surface area (Å²) in [7, 11) is 0. The third-order valence-corrected chi connectivity index (χ3v) is 5.34. The maximum absolute atomic E-state index is 11.1. The topological polar surface area (TPSA) is 20.2 Å². The quantitative estimate of drug-likeness (QED) is 0.804. The summed E-state index contributed by atoms with van der Waals surface area (Å²) in [5.74, 6) is 0. The normalized spacial score (nSPS) is 12.6. The summed E-state index contributed by atoms with van der Waals surface area (Å²) in [5.41, 5.74) is 12.1. The monoisotopic (exact) mass is 296 g/mol. The first-order chi connectivity index (χ1) is 10.2. The Morgan fingerprint density at radius 1 is 0.591 bits per heavy atom. The van der Waals surface area contributed by atoms with E-state index < -0.39 is 6.10 Å². The number of hydrogen-bond acceptors (Lipinski definition) is 1. The van der Waals surface area contributed by atoms with Gasteiger partial charge in [-0.15, -0.1) is 0 Å². The zero-order chi connectivity index (χ0) is 16.8. The number of rotatable bonds is 2. The van der Waals surface area contributed by atoms with Crippen molar-refractivity contribution in [3.63, 3.8) is 0 Å². The minimum atomic E-state index is -0.557. The zero-order valence-corrected chi connectivity index (χ0v) is 15.2. The van der Waals surface area contributed by atoms with E-state index in [0.29, 0.717) is 0 Å². The van der Waals surface area contributed by atoms with Gasteiger partial charge in [0.1, 0.15) is 6.10 Å². The van der Waals surface area contributed by atoms with Crippen LogP contribution in [0.3, 0.4) is 0 Å². The second-order valence-corrected chi connectivity index (χ2v) is 6.75. The van der Waals surface area contributed by atoms with Crippen LogP contribution in [0.4, 0.5) is 0 Å². The van der Waals surface area contributed by atoms with Crippen LogP contribution in [0.2, 0.25) is 0 Å². The average Bonchev–Trinajstić information content (AvgIpc) is 2.42. The van der Waals surface area contributed by atoms with Crippen LogP contribution in [-0.4, -0.2) is 5.11 Å². The largest absolute Gasteiger partial charge is 0.384 e. The number of aryl methyl sites for hydroxylation is 3. The third-order valence-electron chi connectivity index (χ3n) is 5.34. The Bertz CT molecular complexity index is 686. The van der Waals surface area contributed by atoms with Gasteiger partial charge in [-0.2, -0.15) is 0 Å². The van der Waals surface area contributed by atoms with Crippen LogP contribution in [0.25, 0.3) is 0 Å². The fraction of sp³-hybridized carbons (Fsp3) is 0.429. The molecule has 0 aromatic heterocycles. The molecular weight excluding hydrogens is 268 g/mol. The molecule has 0 amide bonds. The maximum Gasteiger partial charge on any atom is 0.105 e. The molecule has 0 fully saturated rings. The van der Waals surface area contributed by atoms with Crippen molar-refractivity contribution >= 4 is 0 Å². The van der Waals surface area contributed by atoms with Crippen molar-refractivity contribution in [1.82, 2.24) is 0 Å². The van der Waals surface area contributed by atoms with Crippen molar-refractivity contribution in [2.45, 2.75) is 61.5 Å². The SMILES string of the molecule is Cc1cc(C)c(C(O)c2c(C)c(C)c(C)c(C)c2C)c(C)c1. The molecule has 118 valence electrons. The molecule has 1 nitrogen and oxygen atoms in total. The molecule has 2 aromatic carbocycles. The highest BCUT2D eigenvalue weighted by molar-refractivity contribution is 5.54. The Labute approximate surface area is 135 Å². The molecule has 0 heterocycles. The van der Waals surface area contributed by atoms with E-state index in [9.17, 15) is 5.11 Å². The molecule has 0 saturated heterocycles. The molecule has 1 unspecified atom stereocenters. The second-order valence-electron chi connectivity index (χ2n) is 6.75. The maximum atomic E-state index is 11.1. The van der Waals surface area contributed by atoms with Gasteiger partial charge in [-0.1, -0.05) is 17.7 Å².